The summed E-state index contributed by atoms with van der Waals surface area (Å²) in [4.78, 5) is 5.01. The van der Waals surface area contributed by atoms with Crippen LogP contribution < -0.4 is 9.47 Å². The monoisotopic (exact) mass is 510 g/mol. The number of aryl methyl sites for hydroxylation is 1. The minimum Gasteiger partial charge on any atom is -0.492 e. The Morgan fingerprint density at radius 2 is 1.37 bits per heavy atom. The molecule has 4 heteroatoms. The fraction of sp³-hybridized carbons (Fsp3) is 0.471. The largest absolute Gasteiger partial charge is 0.492 e. The molecule has 2 heterocycles. The van der Waals surface area contributed by atoms with Crippen LogP contribution in [0.4, 0.5) is 0 Å². The third-order valence-electron chi connectivity index (χ3n) is 8.65. The predicted molar refractivity (Wildman–Crippen MR) is 156 cm³/mol. The van der Waals surface area contributed by atoms with Crippen LogP contribution in [-0.2, 0) is 6.42 Å². The molecule has 0 amide bonds. The van der Waals surface area contributed by atoms with Crippen molar-refractivity contribution in [1.29, 1.82) is 0 Å². The molecule has 200 valence electrons. The van der Waals surface area contributed by atoms with Crippen molar-refractivity contribution < 1.29 is 9.47 Å². The second-order valence-corrected chi connectivity index (χ2v) is 11.2. The second kappa shape index (κ2) is 12.4. The molecule has 4 nitrogen and oxygen atoms in total. The molecule has 38 heavy (non-hydrogen) atoms. The van der Waals surface area contributed by atoms with E-state index in [1.54, 1.807) is 5.57 Å². The molecule has 0 bridgehead atoms. The molecule has 0 spiro atoms. The minimum absolute atomic E-state index is 0.468. The Balaban J connectivity index is 1.20. The molecule has 2 saturated heterocycles. The van der Waals surface area contributed by atoms with Gasteiger partial charge in [0.15, 0.2) is 0 Å². The molecule has 2 aromatic carbocycles. The zero-order chi connectivity index (χ0) is 25.6. The third kappa shape index (κ3) is 6.08. The summed E-state index contributed by atoms with van der Waals surface area (Å²) in [6.45, 7) is 8.45. The Morgan fingerprint density at radius 3 is 2.03 bits per heavy atom. The lowest BCUT2D eigenvalue weighted by atomic mass is 9.76. The number of hydrogen-bond acceptors (Lipinski definition) is 4. The number of benzene rings is 2. The van der Waals surface area contributed by atoms with E-state index in [0.717, 1.165) is 57.1 Å². The number of nitrogens with zero attached hydrogens (tertiary/aromatic N) is 2. The van der Waals surface area contributed by atoms with Crippen LogP contribution in [0.3, 0.4) is 0 Å². The van der Waals surface area contributed by atoms with E-state index < -0.39 is 0 Å². The fourth-order valence-corrected chi connectivity index (χ4v) is 6.54. The maximum atomic E-state index is 6.21. The van der Waals surface area contributed by atoms with Crippen LogP contribution in [0.2, 0.25) is 0 Å². The second-order valence-electron chi connectivity index (χ2n) is 11.2. The van der Waals surface area contributed by atoms with Crippen LogP contribution in [-0.4, -0.2) is 62.3 Å². The van der Waals surface area contributed by atoms with Crippen LogP contribution in [0.25, 0.3) is 5.57 Å². The average Bonchev–Trinajstić information content (AvgIpc) is 3.68. The fourth-order valence-electron chi connectivity index (χ4n) is 6.54. The Morgan fingerprint density at radius 1 is 0.711 bits per heavy atom. The van der Waals surface area contributed by atoms with Gasteiger partial charge in [-0.15, -0.1) is 0 Å². The molecule has 6 rings (SSSR count). The number of allylic oxidation sites excluding steroid dienone is 5. The first-order valence-corrected chi connectivity index (χ1v) is 14.8. The van der Waals surface area contributed by atoms with Gasteiger partial charge in [0.1, 0.15) is 24.7 Å². The molecular weight excluding hydrogens is 468 g/mol. The lowest BCUT2D eigenvalue weighted by molar-refractivity contribution is 0.237. The van der Waals surface area contributed by atoms with E-state index in [-0.39, 0.29) is 0 Å². The van der Waals surface area contributed by atoms with Crippen molar-refractivity contribution in [3.8, 4) is 11.5 Å². The number of likely N-dealkylation sites (tertiary alicyclic amines) is 2. The first kappa shape index (κ1) is 25.5. The van der Waals surface area contributed by atoms with Gasteiger partial charge >= 0.3 is 0 Å². The van der Waals surface area contributed by atoms with E-state index in [4.69, 9.17) is 9.47 Å². The van der Waals surface area contributed by atoms with Crippen molar-refractivity contribution in [3.05, 3.63) is 89.0 Å². The van der Waals surface area contributed by atoms with E-state index in [9.17, 15) is 0 Å². The minimum atomic E-state index is 0.468. The highest BCUT2D eigenvalue weighted by Crippen LogP contribution is 2.42. The number of rotatable bonds is 10. The van der Waals surface area contributed by atoms with Crippen LogP contribution >= 0.6 is 0 Å². The molecule has 2 aliphatic carbocycles. The molecule has 1 atom stereocenters. The summed E-state index contributed by atoms with van der Waals surface area (Å²) in [5, 5.41) is 0. The van der Waals surface area contributed by atoms with Gasteiger partial charge in [0.05, 0.1) is 0 Å². The van der Waals surface area contributed by atoms with Gasteiger partial charge in [-0.3, -0.25) is 9.80 Å². The quantitative estimate of drug-likeness (QED) is 0.363. The highest BCUT2D eigenvalue weighted by Gasteiger charge is 2.25. The SMILES string of the molecule is C1=CCC(C2=C(c3ccc(OCCN4CCCC4)cc3)c3ccc(OCCN4CCCC4)cc3CC2)C=C1. The summed E-state index contributed by atoms with van der Waals surface area (Å²) < 4.78 is 12.3. The van der Waals surface area contributed by atoms with Gasteiger partial charge < -0.3 is 9.47 Å². The van der Waals surface area contributed by atoms with Crippen LogP contribution in [0, 0.1) is 5.92 Å². The third-order valence-corrected chi connectivity index (χ3v) is 8.65. The maximum absolute atomic E-state index is 6.21. The van der Waals surface area contributed by atoms with Crippen molar-refractivity contribution in [3.63, 3.8) is 0 Å². The Labute approximate surface area is 228 Å². The summed E-state index contributed by atoms with van der Waals surface area (Å²) in [6.07, 6.45) is 17.6. The molecule has 0 saturated carbocycles. The Hall–Kier alpha value is -2.82. The molecule has 2 aromatic rings. The zero-order valence-corrected chi connectivity index (χ0v) is 22.7. The summed E-state index contributed by atoms with van der Waals surface area (Å²) >= 11 is 0. The van der Waals surface area contributed by atoms with Gasteiger partial charge in [0.2, 0.25) is 0 Å². The van der Waals surface area contributed by atoms with Crippen LogP contribution in [0.15, 0.2) is 72.3 Å². The predicted octanol–water partition coefficient (Wildman–Crippen LogP) is 6.52. The highest BCUT2D eigenvalue weighted by molar-refractivity contribution is 5.86. The number of ether oxygens (including phenoxy) is 2. The molecule has 0 N–H and O–H groups in total. The van der Waals surface area contributed by atoms with Gasteiger partial charge in [-0.25, -0.2) is 0 Å². The van der Waals surface area contributed by atoms with Crippen molar-refractivity contribution in [2.24, 2.45) is 5.92 Å². The van der Waals surface area contributed by atoms with Crippen molar-refractivity contribution in [2.45, 2.75) is 44.9 Å². The molecule has 2 fully saturated rings. The van der Waals surface area contributed by atoms with Crippen molar-refractivity contribution in [1.82, 2.24) is 9.80 Å². The molecule has 0 radical (unpaired) electrons. The first-order chi connectivity index (χ1) is 18.8. The summed E-state index contributed by atoms with van der Waals surface area (Å²) in [7, 11) is 0. The molecule has 0 aromatic heterocycles. The maximum Gasteiger partial charge on any atom is 0.119 e. The van der Waals surface area contributed by atoms with Crippen molar-refractivity contribution in [2.75, 3.05) is 52.5 Å². The van der Waals surface area contributed by atoms with Crippen LogP contribution in [0.1, 0.15) is 55.2 Å². The first-order valence-electron chi connectivity index (χ1n) is 14.8. The van der Waals surface area contributed by atoms with Gasteiger partial charge in [-0.2, -0.15) is 0 Å². The van der Waals surface area contributed by atoms with Gasteiger partial charge in [-0.1, -0.05) is 48.1 Å². The summed E-state index contributed by atoms with van der Waals surface area (Å²) in [6, 6.07) is 15.6. The standard InChI is InChI=1S/C34H42N2O2/c1-2-8-27(9-3-1)32-16-12-29-26-31(38-25-23-36-20-6-7-21-36)15-17-33(29)34(32)28-10-13-30(14-11-28)37-24-22-35-18-4-5-19-35/h1-3,8,10-11,13-15,17,26-27H,4-7,9,12,16,18-25H2. The molecule has 4 aliphatic rings. The topological polar surface area (TPSA) is 24.9 Å². The zero-order valence-electron chi connectivity index (χ0n) is 22.7. The van der Waals surface area contributed by atoms with E-state index in [1.165, 1.54) is 74.1 Å². The molecular formula is C34H42N2O2. The number of fused-ring (bicyclic) bond motifs is 1. The normalized spacial score (nSPS) is 21.7. The lowest BCUT2D eigenvalue weighted by Gasteiger charge is -2.29. The Kier molecular flexibility index (Phi) is 8.28. The highest BCUT2D eigenvalue weighted by atomic mass is 16.5. The number of hydrogen-bond donors (Lipinski definition) is 0. The smallest absolute Gasteiger partial charge is 0.119 e. The Bertz CT molecular complexity index is 1170. The van der Waals surface area contributed by atoms with Crippen molar-refractivity contribution >= 4 is 5.57 Å². The van der Waals surface area contributed by atoms with Gasteiger partial charge in [-0.05, 0) is 118 Å². The van der Waals surface area contributed by atoms with E-state index in [0.29, 0.717) is 5.92 Å². The molecule has 1 unspecified atom stereocenters. The lowest BCUT2D eigenvalue weighted by Crippen LogP contribution is -2.25. The van der Waals surface area contributed by atoms with Crippen LogP contribution in [0.5, 0.6) is 11.5 Å². The molecule has 2 aliphatic heterocycles. The van der Waals surface area contributed by atoms with Gasteiger partial charge in [0, 0.05) is 19.0 Å². The summed E-state index contributed by atoms with van der Waals surface area (Å²) in [5.74, 6) is 2.44. The van der Waals surface area contributed by atoms with E-state index in [2.05, 4.69) is 76.6 Å². The summed E-state index contributed by atoms with van der Waals surface area (Å²) in [5.41, 5.74) is 7.03. The van der Waals surface area contributed by atoms with E-state index >= 15 is 0 Å². The average molecular weight is 511 g/mol. The van der Waals surface area contributed by atoms with E-state index in [1.807, 2.05) is 0 Å². The van der Waals surface area contributed by atoms with Gasteiger partial charge in [0.25, 0.3) is 0 Å².